The molecule has 128 valence electrons. The standard InChI is InChI=1S/C17H21N3O4/c1-11(21)14-10-13(15(22)18-17(2,3)16(23)24-4)19-20(14)12-8-6-5-7-9-12/h5-9,14H,10H2,1-4H3,(H,18,22). The van der Waals surface area contributed by atoms with E-state index in [1.165, 1.54) is 14.0 Å². The number of para-hydroxylation sites is 1. The van der Waals surface area contributed by atoms with Crippen LogP contribution in [-0.4, -0.2) is 42.1 Å². The zero-order valence-corrected chi connectivity index (χ0v) is 14.2. The van der Waals surface area contributed by atoms with E-state index in [4.69, 9.17) is 0 Å². The average molecular weight is 331 g/mol. The van der Waals surface area contributed by atoms with Crippen LogP contribution in [0, 0.1) is 0 Å². The van der Waals surface area contributed by atoms with E-state index in [2.05, 4.69) is 15.2 Å². The Balaban J connectivity index is 2.23. The maximum atomic E-state index is 12.4. The molecule has 0 fully saturated rings. The Hall–Kier alpha value is -2.70. The second kappa shape index (κ2) is 6.82. The number of ether oxygens (including phenoxy) is 1. The number of Topliss-reactive ketones (excluding diaryl/α,β-unsaturated/α-hetero) is 1. The number of nitrogens with one attached hydrogen (secondary N) is 1. The van der Waals surface area contributed by atoms with Gasteiger partial charge in [-0.3, -0.25) is 14.6 Å². The highest BCUT2D eigenvalue weighted by molar-refractivity contribution is 6.40. The zero-order valence-electron chi connectivity index (χ0n) is 14.2. The summed E-state index contributed by atoms with van der Waals surface area (Å²) in [6.45, 7) is 4.56. The minimum Gasteiger partial charge on any atom is -0.467 e. The molecular weight excluding hydrogens is 310 g/mol. The molecule has 1 N–H and O–H groups in total. The Morgan fingerprint density at radius 2 is 1.88 bits per heavy atom. The minimum atomic E-state index is -1.18. The number of hydrogen-bond acceptors (Lipinski definition) is 6. The lowest BCUT2D eigenvalue weighted by molar-refractivity contribution is -0.148. The van der Waals surface area contributed by atoms with Crippen LogP contribution in [0.1, 0.15) is 27.2 Å². The number of anilines is 1. The van der Waals surface area contributed by atoms with Gasteiger partial charge < -0.3 is 10.1 Å². The molecule has 1 aromatic rings. The monoisotopic (exact) mass is 331 g/mol. The van der Waals surface area contributed by atoms with E-state index in [1.807, 2.05) is 30.3 Å². The van der Waals surface area contributed by atoms with Crippen molar-refractivity contribution >= 4 is 29.1 Å². The molecule has 1 unspecified atom stereocenters. The number of carbonyl (C=O) groups is 3. The van der Waals surface area contributed by atoms with Crippen molar-refractivity contribution < 1.29 is 19.1 Å². The van der Waals surface area contributed by atoms with E-state index in [0.29, 0.717) is 0 Å². The Labute approximate surface area is 140 Å². The molecule has 0 bridgehead atoms. The molecule has 0 aromatic heterocycles. The molecule has 0 radical (unpaired) electrons. The molecule has 1 heterocycles. The van der Waals surface area contributed by atoms with E-state index in [-0.39, 0.29) is 17.9 Å². The van der Waals surface area contributed by atoms with Crippen LogP contribution in [0.15, 0.2) is 35.4 Å². The summed E-state index contributed by atoms with van der Waals surface area (Å²) in [4.78, 5) is 36.1. The summed E-state index contributed by atoms with van der Waals surface area (Å²) in [5.74, 6) is -1.13. The van der Waals surface area contributed by atoms with Gasteiger partial charge in [-0.05, 0) is 32.9 Å². The van der Waals surface area contributed by atoms with Gasteiger partial charge in [-0.25, -0.2) is 4.79 Å². The van der Waals surface area contributed by atoms with E-state index in [1.54, 1.807) is 18.9 Å². The predicted molar refractivity (Wildman–Crippen MR) is 89.7 cm³/mol. The van der Waals surface area contributed by atoms with Crippen LogP contribution >= 0.6 is 0 Å². The summed E-state index contributed by atoms with van der Waals surface area (Å²) in [6.07, 6.45) is 0.188. The topological polar surface area (TPSA) is 88.1 Å². The van der Waals surface area contributed by atoms with E-state index < -0.39 is 23.5 Å². The number of hydrogen-bond donors (Lipinski definition) is 1. The van der Waals surface area contributed by atoms with Crippen LogP contribution in [0.25, 0.3) is 0 Å². The lowest BCUT2D eigenvalue weighted by atomic mass is 10.0. The molecule has 0 spiro atoms. The first-order chi connectivity index (χ1) is 11.3. The van der Waals surface area contributed by atoms with Crippen molar-refractivity contribution in [2.45, 2.75) is 38.8 Å². The first-order valence-corrected chi connectivity index (χ1v) is 7.59. The van der Waals surface area contributed by atoms with Gasteiger partial charge in [-0.1, -0.05) is 18.2 Å². The zero-order chi connectivity index (χ0) is 17.9. The van der Waals surface area contributed by atoms with Gasteiger partial charge >= 0.3 is 5.97 Å². The molecule has 1 aliphatic rings. The number of rotatable bonds is 5. The van der Waals surface area contributed by atoms with Gasteiger partial charge in [0, 0.05) is 6.42 Å². The third kappa shape index (κ3) is 3.61. The van der Waals surface area contributed by atoms with Crippen molar-refractivity contribution in [3.8, 4) is 0 Å². The predicted octanol–water partition coefficient (Wildman–Crippen LogP) is 1.28. The second-order valence-corrected chi connectivity index (χ2v) is 6.13. The molecule has 0 saturated carbocycles. The van der Waals surface area contributed by atoms with Crippen molar-refractivity contribution in [3.05, 3.63) is 30.3 Å². The van der Waals surface area contributed by atoms with Crippen LogP contribution in [0.2, 0.25) is 0 Å². The van der Waals surface area contributed by atoms with Crippen LogP contribution in [0.3, 0.4) is 0 Å². The number of carbonyl (C=O) groups excluding carboxylic acids is 3. The van der Waals surface area contributed by atoms with E-state index >= 15 is 0 Å². The lowest BCUT2D eigenvalue weighted by Crippen LogP contribution is -2.52. The Bertz CT molecular complexity index is 682. The fourth-order valence-electron chi connectivity index (χ4n) is 2.44. The maximum absolute atomic E-state index is 12.4. The molecule has 7 nitrogen and oxygen atoms in total. The van der Waals surface area contributed by atoms with Gasteiger partial charge in [0.1, 0.15) is 17.3 Å². The third-order valence-corrected chi connectivity index (χ3v) is 3.78. The van der Waals surface area contributed by atoms with Gasteiger partial charge in [-0.2, -0.15) is 5.10 Å². The molecule has 7 heteroatoms. The summed E-state index contributed by atoms with van der Waals surface area (Å²) in [5, 5.41) is 8.44. The highest BCUT2D eigenvalue weighted by Crippen LogP contribution is 2.25. The second-order valence-electron chi connectivity index (χ2n) is 6.13. The Kier molecular flexibility index (Phi) is 5.02. The van der Waals surface area contributed by atoms with E-state index in [0.717, 1.165) is 5.69 Å². The lowest BCUT2D eigenvalue weighted by Gasteiger charge is -2.22. The summed E-state index contributed by atoms with van der Waals surface area (Å²) < 4.78 is 4.67. The number of esters is 1. The first kappa shape index (κ1) is 17.7. The number of amides is 1. The smallest absolute Gasteiger partial charge is 0.330 e. The summed E-state index contributed by atoms with van der Waals surface area (Å²) in [5.41, 5.74) is -0.246. The molecule has 0 aliphatic carbocycles. The quantitative estimate of drug-likeness (QED) is 0.821. The molecule has 1 aliphatic heterocycles. The molecular formula is C17H21N3O4. The average Bonchev–Trinajstić information content (AvgIpc) is 3.00. The molecule has 1 aromatic carbocycles. The SMILES string of the molecule is COC(=O)C(C)(C)NC(=O)C1=NN(c2ccccc2)C(C(C)=O)C1. The van der Waals surface area contributed by atoms with Crippen LogP contribution < -0.4 is 10.3 Å². The first-order valence-electron chi connectivity index (χ1n) is 7.59. The van der Waals surface area contributed by atoms with Gasteiger partial charge in [0.05, 0.1) is 12.8 Å². The minimum absolute atomic E-state index is 0.0855. The normalized spacial score (nSPS) is 17.2. The fraction of sp³-hybridized carbons (Fsp3) is 0.412. The van der Waals surface area contributed by atoms with Crippen LogP contribution in [0.5, 0.6) is 0 Å². The molecule has 24 heavy (non-hydrogen) atoms. The van der Waals surface area contributed by atoms with Crippen molar-refractivity contribution in [3.63, 3.8) is 0 Å². The summed E-state index contributed by atoms with van der Waals surface area (Å²) in [6, 6.07) is 8.63. The maximum Gasteiger partial charge on any atom is 0.330 e. The number of nitrogens with zero attached hydrogens (tertiary/aromatic N) is 2. The fourth-order valence-corrected chi connectivity index (χ4v) is 2.44. The van der Waals surface area contributed by atoms with E-state index in [9.17, 15) is 14.4 Å². The molecule has 0 saturated heterocycles. The largest absolute Gasteiger partial charge is 0.467 e. The van der Waals surface area contributed by atoms with Crippen LogP contribution in [0.4, 0.5) is 5.69 Å². The highest BCUT2D eigenvalue weighted by atomic mass is 16.5. The summed E-state index contributed by atoms with van der Waals surface area (Å²) >= 11 is 0. The number of methoxy groups -OCH3 is 1. The van der Waals surface area contributed by atoms with Gasteiger partial charge in [0.25, 0.3) is 5.91 Å². The Morgan fingerprint density at radius 1 is 1.25 bits per heavy atom. The van der Waals surface area contributed by atoms with Crippen molar-refractivity contribution in [2.24, 2.45) is 5.10 Å². The molecule has 2 rings (SSSR count). The Morgan fingerprint density at radius 3 is 2.42 bits per heavy atom. The number of benzene rings is 1. The van der Waals surface area contributed by atoms with Gasteiger partial charge in [0.15, 0.2) is 5.78 Å². The van der Waals surface area contributed by atoms with Gasteiger partial charge in [0.2, 0.25) is 0 Å². The van der Waals surface area contributed by atoms with Crippen LogP contribution in [-0.2, 0) is 19.1 Å². The summed E-state index contributed by atoms with van der Waals surface area (Å²) in [7, 11) is 1.26. The van der Waals surface area contributed by atoms with Crippen molar-refractivity contribution in [1.82, 2.24) is 5.32 Å². The third-order valence-electron chi connectivity index (χ3n) is 3.78. The number of ketones is 1. The van der Waals surface area contributed by atoms with Crippen molar-refractivity contribution in [1.29, 1.82) is 0 Å². The van der Waals surface area contributed by atoms with Gasteiger partial charge in [-0.15, -0.1) is 0 Å². The molecule has 1 amide bonds. The number of hydrazone groups is 1. The van der Waals surface area contributed by atoms with Crippen molar-refractivity contribution in [2.75, 3.05) is 12.1 Å². The highest BCUT2D eigenvalue weighted by Gasteiger charge is 2.37. The molecule has 1 atom stereocenters.